The van der Waals surface area contributed by atoms with Crippen LogP contribution in [0.1, 0.15) is 40.0 Å². The standard InChI is InChI=1S/C12H23N5/c1-4-5-6-7-17(9(2)3)11-8-10(13)15-12(14)16-11/h8-9H,4-7H2,1-3H3,(H4,13,14,15,16). The van der Waals surface area contributed by atoms with E-state index < -0.39 is 0 Å². The van der Waals surface area contributed by atoms with Crippen molar-refractivity contribution in [3.05, 3.63) is 6.07 Å². The summed E-state index contributed by atoms with van der Waals surface area (Å²) in [5.41, 5.74) is 11.3. The van der Waals surface area contributed by atoms with Gasteiger partial charge >= 0.3 is 0 Å². The molecule has 0 aliphatic carbocycles. The predicted molar refractivity (Wildman–Crippen MR) is 72.9 cm³/mol. The van der Waals surface area contributed by atoms with E-state index in [1.54, 1.807) is 6.07 Å². The third kappa shape index (κ3) is 4.09. The van der Waals surface area contributed by atoms with Gasteiger partial charge in [-0.15, -0.1) is 0 Å². The van der Waals surface area contributed by atoms with Crippen LogP contribution in [0.5, 0.6) is 0 Å². The average Bonchev–Trinajstić information content (AvgIpc) is 2.22. The molecule has 0 saturated carbocycles. The summed E-state index contributed by atoms with van der Waals surface area (Å²) in [5, 5.41) is 0. The van der Waals surface area contributed by atoms with Crippen molar-refractivity contribution in [3.63, 3.8) is 0 Å². The van der Waals surface area contributed by atoms with Crippen molar-refractivity contribution in [1.82, 2.24) is 9.97 Å². The molecule has 1 heterocycles. The molecule has 0 fully saturated rings. The summed E-state index contributed by atoms with van der Waals surface area (Å²) in [4.78, 5) is 10.3. The molecule has 0 radical (unpaired) electrons. The van der Waals surface area contributed by atoms with Gasteiger partial charge < -0.3 is 16.4 Å². The number of nitrogen functional groups attached to an aromatic ring is 2. The molecule has 0 saturated heterocycles. The normalized spacial score (nSPS) is 10.8. The lowest BCUT2D eigenvalue weighted by atomic mass is 10.2. The first-order chi connectivity index (χ1) is 8.04. The van der Waals surface area contributed by atoms with Gasteiger partial charge in [0.15, 0.2) is 0 Å². The molecule has 0 aliphatic rings. The summed E-state index contributed by atoms with van der Waals surface area (Å²) < 4.78 is 0. The van der Waals surface area contributed by atoms with Crippen LogP contribution in [0.15, 0.2) is 6.07 Å². The van der Waals surface area contributed by atoms with Crippen LogP contribution < -0.4 is 16.4 Å². The number of unbranched alkanes of at least 4 members (excludes halogenated alkanes) is 2. The van der Waals surface area contributed by atoms with E-state index in [2.05, 4.69) is 35.6 Å². The van der Waals surface area contributed by atoms with Gasteiger partial charge in [-0.25, -0.2) is 0 Å². The lowest BCUT2D eigenvalue weighted by molar-refractivity contribution is 0.620. The molecule has 0 amide bonds. The quantitative estimate of drug-likeness (QED) is 0.740. The minimum Gasteiger partial charge on any atom is -0.383 e. The predicted octanol–water partition coefficient (Wildman–Crippen LogP) is 2.05. The highest BCUT2D eigenvalue weighted by atomic mass is 15.2. The fourth-order valence-corrected chi connectivity index (χ4v) is 1.79. The third-order valence-corrected chi connectivity index (χ3v) is 2.67. The first-order valence-corrected chi connectivity index (χ1v) is 6.21. The van der Waals surface area contributed by atoms with Gasteiger partial charge in [0.25, 0.3) is 0 Å². The maximum atomic E-state index is 5.69. The number of nitrogens with zero attached hydrogens (tertiary/aromatic N) is 3. The molecule has 96 valence electrons. The molecule has 5 heteroatoms. The summed E-state index contributed by atoms with van der Waals surface area (Å²) in [5.74, 6) is 1.48. The molecule has 1 aromatic rings. The largest absolute Gasteiger partial charge is 0.383 e. The van der Waals surface area contributed by atoms with E-state index in [9.17, 15) is 0 Å². The Morgan fingerprint density at radius 1 is 1.24 bits per heavy atom. The van der Waals surface area contributed by atoms with E-state index in [0.29, 0.717) is 11.9 Å². The molecule has 1 rings (SSSR count). The number of aromatic nitrogens is 2. The lowest BCUT2D eigenvalue weighted by Crippen LogP contribution is -2.32. The Hall–Kier alpha value is -1.52. The van der Waals surface area contributed by atoms with E-state index in [0.717, 1.165) is 18.8 Å². The van der Waals surface area contributed by atoms with Gasteiger partial charge in [-0.1, -0.05) is 19.8 Å². The molecule has 5 nitrogen and oxygen atoms in total. The van der Waals surface area contributed by atoms with E-state index in [1.165, 1.54) is 12.8 Å². The van der Waals surface area contributed by atoms with Crippen LogP contribution in [-0.4, -0.2) is 22.6 Å². The molecule has 0 atom stereocenters. The van der Waals surface area contributed by atoms with Crippen molar-refractivity contribution in [3.8, 4) is 0 Å². The zero-order valence-electron chi connectivity index (χ0n) is 11.0. The minimum atomic E-state index is 0.237. The van der Waals surface area contributed by atoms with E-state index in [1.807, 2.05) is 0 Å². The van der Waals surface area contributed by atoms with Crippen LogP contribution in [0.3, 0.4) is 0 Å². The number of anilines is 3. The van der Waals surface area contributed by atoms with Crippen LogP contribution in [0.4, 0.5) is 17.6 Å². The first kappa shape index (κ1) is 13.5. The minimum absolute atomic E-state index is 0.237. The van der Waals surface area contributed by atoms with Gasteiger partial charge in [-0.05, 0) is 20.3 Å². The van der Waals surface area contributed by atoms with Gasteiger partial charge in [0, 0.05) is 18.7 Å². The molecule has 0 aromatic carbocycles. The molecular weight excluding hydrogens is 214 g/mol. The van der Waals surface area contributed by atoms with Gasteiger partial charge in [0.2, 0.25) is 5.95 Å². The maximum Gasteiger partial charge on any atom is 0.223 e. The zero-order valence-corrected chi connectivity index (χ0v) is 11.0. The molecule has 1 aromatic heterocycles. The molecule has 0 spiro atoms. The Labute approximate surface area is 103 Å². The average molecular weight is 237 g/mol. The second kappa shape index (κ2) is 6.27. The van der Waals surface area contributed by atoms with Crippen LogP contribution in [0.25, 0.3) is 0 Å². The van der Waals surface area contributed by atoms with Crippen LogP contribution in [0, 0.1) is 0 Å². The highest BCUT2D eigenvalue weighted by Gasteiger charge is 2.13. The summed E-state index contributed by atoms with van der Waals surface area (Å²) in [6.45, 7) is 7.45. The van der Waals surface area contributed by atoms with Crippen molar-refractivity contribution in [1.29, 1.82) is 0 Å². The van der Waals surface area contributed by atoms with Crippen molar-refractivity contribution in [2.24, 2.45) is 0 Å². The summed E-state index contributed by atoms with van der Waals surface area (Å²) in [6.07, 6.45) is 3.58. The van der Waals surface area contributed by atoms with Gasteiger partial charge in [0.1, 0.15) is 11.6 Å². The molecule has 4 N–H and O–H groups in total. The first-order valence-electron chi connectivity index (χ1n) is 6.21. The Morgan fingerprint density at radius 3 is 2.47 bits per heavy atom. The topological polar surface area (TPSA) is 81.1 Å². The van der Waals surface area contributed by atoms with Crippen molar-refractivity contribution >= 4 is 17.6 Å². The highest BCUT2D eigenvalue weighted by molar-refractivity contribution is 5.50. The monoisotopic (exact) mass is 237 g/mol. The summed E-state index contributed by atoms with van der Waals surface area (Å²) in [7, 11) is 0. The van der Waals surface area contributed by atoms with Crippen molar-refractivity contribution < 1.29 is 0 Å². The van der Waals surface area contributed by atoms with Gasteiger partial charge in [0.05, 0.1) is 0 Å². The smallest absolute Gasteiger partial charge is 0.223 e. The van der Waals surface area contributed by atoms with Crippen LogP contribution >= 0.6 is 0 Å². The zero-order chi connectivity index (χ0) is 12.8. The van der Waals surface area contributed by atoms with Crippen LogP contribution in [-0.2, 0) is 0 Å². The van der Waals surface area contributed by atoms with Crippen molar-refractivity contribution in [2.45, 2.75) is 46.1 Å². The van der Waals surface area contributed by atoms with Gasteiger partial charge in [-0.3, -0.25) is 0 Å². The fraction of sp³-hybridized carbons (Fsp3) is 0.667. The Kier molecular flexibility index (Phi) is 5.00. The van der Waals surface area contributed by atoms with Crippen LogP contribution in [0.2, 0.25) is 0 Å². The molecule has 0 unspecified atom stereocenters. The number of nitrogens with two attached hydrogens (primary N) is 2. The fourth-order valence-electron chi connectivity index (χ4n) is 1.79. The number of hydrogen-bond donors (Lipinski definition) is 2. The second-order valence-electron chi connectivity index (χ2n) is 4.50. The third-order valence-electron chi connectivity index (χ3n) is 2.67. The molecule has 0 bridgehead atoms. The number of rotatable bonds is 6. The Bertz CT molecular complexity index is 330. The number of hydrogen-bond acceptors (Lipinski definition) is 5. The molecular formula is C12H23N5. The molecule has 17 heavy (non-hydrogen) atoms. The maximum absolute atomic E-state index is 5.69. The summed E-state index contributed by atoms with van der Waals surface area (Å²) >= 11 is 0. The summed E-state index contributed by atoms with van der Waals surface area (Å²) in [6, 6.07) is 2.16. The second-order valence-corrected chi connectivity index (χ2v) is 4.50. The van der Waals surface area contributed by atoms with Gasteiger partial charge in [-0.2, -0.15) is 9.97 Å². The Balaban J connectivity index is 2.81. The van der Waals surface area contributed by atoms with E-state index in [4.69, 9.17) is 11.5 Å². The van der Waals surface area contributed by atoms with Crippen molar-refractivity contribution in [2.75, 3.05) is 22.9 Å². The molecule has 0 aliphatic heterocycles. The lowest BCUT2D eigenvalue weighted by Gasteiger charge is -2.28. The van der Waals surface area contributed by atoms with E-state index in [-0.39, 0.29) is 5.95 Å². The highest BCUT2D eigenvalue weighted by Crippen LogP contribution is 2.18. The van der Waals surface area contributed by atoms with E-state index >= 15 is 0 Å². The SMILES string of the molecule is CCCCCN(c1cc(N)nc(N)n1)C(C)C. The Morgan fingerprint density at radius 2 is 1.94 bits per heavy atom.